The van der Waals surface area contributed by atoms with Gasteiger partial charge in [0.15, 0.2) is 5.76 Å². The molecule has 0 aliphatic rings. The summed E-state index contributed by atoms with van der Waals surface area (Å²) in [5, 5.41) is 4.27. The Balaban J connectivity index is 1.69. The third kappa shape index (κ3) is 3.00. The summed E-state index contributed by atoms with van der Waals surface area (Å²) in [7, 11) is 0. The highest BCUT2D eigenvalue weighted by Crippen LogP contribution is 2.26. The average molecular weight is 338 g/mol. The van der Waals surface area contributed by atoms with E-state index >= 15 is 0 Å². The van der Waals surface area contributed by atoms with E-state index in [1.807, 2.05) is 0 Å². The molecule has 0 amide bonds. The maximum Gasteiger partial charge on any atom is 0.341 e. The Morgan fingerprint density at radius 1 is 1.14 bits per heavy atom. The molecule has 0 aliphatic heterocycles. The summed E-state index contributed by atoms with van der Waals surface area (Å²) in [4.78, 5) is 12.0. The standard InChI is InChI=1S/C15H9Cl2NO4/c16-10-3-1-4-11(17)14(10)15(19)21-8-9-7-13(22-18-9)12-5-2-6-20-12/h1-7H,8H2. The number of halogens is 2. The number of benzene rings is 1. The van der Waals surface area contributed by atoms with Crippen LogP contribution in [0.5, 0.6) is 0 Å². The van der Waals surface area contributed by atoms with Crippen molar-refractivity contribution in [3.8, 4) is 11.5 Å². The fourth-order valence-electron chi connectivity index (χ4n) is 1.82. The number of furan rings is 1. The maximum atomic E-state index is 12.0. The van der Waals surface area contributed by atoms with Gasteiger partial charge < -0.3 is 13.7 Å². The molecule has 0 unspecified atom stereocenters. The Labute approximate surface area is 135 Å². The van der Waals surface area contributed by atoms with E-state index in [2.05, 4.69) is 5.16 Å². The van der Waals surface area contributed by atoms with E-state index in [0.717, 1.165) is 0 Å². The molecule has 5 nitrogen and oxygen atoms in total. The molecule has 112 valence electrons. The molecule has 0 radical (unpaired) electrons. The molecule has 0 N–H and O–H groups in total. The highest BCUT2D eigenvalue weighted by Gasteiger charge is 2.17. The van der Waals surface area contributed by atoms with Crippen LogP contribution < -0.4 is 0 Å². The second-order valence-electron chi connectivity index (χ2n) is 4.33. The summed E-state index contributed by atoms with van der Waals surface area (Å²) < 4.78 is 15.4. The van der Waals surface area contributed by atoms with Crippen LogP contribution in [0.2, 0.25) is 10.0 Å². The first-order valence-electron chi connectivity index (χ1n) is 6.26. The third-order valence-corrected chi connectivity index (χ3v) is 3.47. The van der Waals surface area contributed by atoms with Crippen molar-refractivity contribution in [3.05, 3.63) is 64.0 Å². The normalized spacial score (nSPS) is 10.6. The van der Waals surface area contributed by atoms with E-state index in [1.54, 1.807) is 36.4 Å². The topological polar surface area (TPSA) is 65.5 Å². The summed E-state index contributed by atoms with van der Waals surface area (Å²) in [5.41, 5.74) is 0.573. The molecule has 0 saturated carbocycles. The number of carbonyl (C=O) groups is 1. The average Bonchev–Trinajstić information content (AvgIpc) is 3.16. The molecular weight excluding hydrogens is 329 g/mol. The van der Waals surface area contributed by atoms with Crippen molar-refractivity contribution >= 4 is 29.2 Å². The van der Waals surface area contributed by atoms with E-state index in [-0.39, 0.29) is 22.2 Å². The van der Waals surface area contributed by atoms with Crippen LogP contribution in [0.25, 0.3) is 11.5 Å². The highest BCUT2D eigenvalue weighted by atomic mass is 35.5. The Kier molecular flexibility index (Phi) is 4.18. The van der Waals surface area contributed by atoms with Gasteiger partial charge in [-0.2, -0.15) is 0 Å². The molecule has 3 rings (SSSR count). The SMILES string of the molecule is O=C(OCc1cc(-c2ccco2)on1)c1c(Cl)cccc1Cl. The van der Waals surface area contributed by atoms with Crippen LogP contribution in [0, 0.1) is 0 Å². The fraction of sp³-hybridized carbons (Fsp3) is 0.0667. The lowest BCUT2D eigenvalue weighted by atomic mass is 10.2. The quantitative estimate of drug-likeness (QED) is 0.651. The van der Waals surface area contributed by atoms with Crippen LogP contribution in [0.3, 0.4) is 0 Å². The zero-order valence-corrected chi connectivity index (χ0v) is 12.6. The molecule has 0 bridgehead atoms. The highest BCUT2D eigenvalue weighted by molar-refractivity contribution is 6.39. The number of hydrogen-bond acceptors (Lipinski definition) is 5. The van der Waals surface area contributed by atoms with Gasteiger partial charge in [-0.3, -0.25) is 0 Å². The molecule has 0 aliphatic carbocycles. The Hall–Kier alpha value is -2.24. The van der Waals surface area contributed by atoms with Crippen LogP contribution >= 0.6 is 23.2 Å². The second kappa shape index (κ2) is 6.25. The number of aromatic nitrogens is 1. The van der Waals surface area contributed by atoms with E-state index in [9.17, 15) is 4.79 Å². The van der Waals surface area contributed by atoms with Crippen molar-refractivity contribution in [2.45, 2.75) is 6.61 Å². The number of ether oxygens (including phenoxy) is 1. The largest absolute Gasteiger partial charge is 0.461 e. The Bertz CT molecular complexity index is 775. The predicted molar refractivity (Wildman–Crippen MR) is 79.8 cm³/mol. The van der Waals surface area contributed by atoms with Crippen LogP contribution in [0.15, 0.2) is 51.6 Å². The molecule has 1 aromatic carbocycles. The summed E-state index contributed by atoms with van der Waals surface area (Å²) >= 11 is 11.9. The van der Waals surface area contributed by atoms with Gasteiger partial charge in [-0.25, -0.2) is 4.79 Å². The number of rotatable bonds is 4. The van der Waals surface area contributed by atoms with Crippen molar-refractivity contribution in [3.63, 3.8) is 0 Å². The van der Waals surface area contributed by atoms with Gasteiger partial charge in [-0.1, -0.05) is 34.4 Å². The van der Waals surface area contributed by atoms with E-state index < -0.39 is 5.97 Å². The number of nitrogens with zero attached hydrogens (tertiary/aromatic N) is 1. The lowest BCUT2D eigenvalue weighted by molar-refractivity contribution is 0.0464. The molecule has 0 fully saturated rings. The van der Waals surface area contributed by atoms with Gasteiger partial charge in [0.25, 0.3) is 0 Å². The van der Waals surface area contributed by atoms with Gasteiger partial charge >= 0.3 is 5.97 Å². The minimum Gasteiger partial charge on any atom is -0.461 e. The summed E-state index contributed by atoms with van der Waals surface area (Å²) in [6, 6.07) is 9.87. The van der Waals surface area contributed by atoms with Gasteiger partial charge in [-0.05, 0) is 24.3 Å². The lowest BCUT2D eigenvalue weighted by Crippen LogP contribution is -2.06. The van der Waals surface area contributed by atoms with Gasteiger partial charge in [0.05, 0.1) is 21.9 Å². The first-order valence-corrected chi connectivity index (χ1v) is 7.01. The third-order valence-electron chi connectivity index (χ3n) is 2.84. The van der Waals surface area contributed by atoms with Crippen molar-refractivity contribution in [2.75, 3.05) is 0 Å². The van der Waals surface area contributed by atoms with Gasteiger partial charge in [0, 0.05) is 6.07 Å². The van der Waals surface area contributed by atoms with E-state index in [4.69, 9.17) is 36.9 Å². The first kappa shape index (κ1) is 14.7. The van der Waals surface area contributed by atoms with Crippen molar-refractivity contribution in [1.82, 2.24) is 5.16 Å². The molecule has 7 heteroatoms. The Morgan fingerprint density at radius 3 is 2.59 bits per heavy atom. The lowest BCUT2D eigenvalue weighted by Gasteiger charge is -2.06. The minimum atomic E-state index is -0.627. The Morgan fingerprint density at radius 2 is 1.91 bits per heavy atom. The molecule has 0 spiro atoms. The molecule has 2 aromatic heterocycles. The minimum absolute atomic E-state index is 0.0649. The molecule has 0 saturated heterocycles. The first-order chi connectivity index (χ1) is 10.6. The fourth-order valence-corrected chi connectivity index (χ4v) is 2.37. The number of esters is 1. The van der Waals surface area contributed by atoms with Crippen molar-refractivity contribution in [2.24, 2.45) is 0 Å². The predicted octanol–water partition coefficient (Wildman–Crippen LogP) is 4.60. The van der Waals surface area contributed by atoms with Crippen molar-refractivity contribution < 1.29 is 18.5 Å². The number of hydrogen-bond donors (Lipinski definition) is 0. The maximum absolute atomic E-state index is 12.0. The van der Waals surface area contributed by atoms with Crippen LogP contribution in [-0.2, 0) is 11.3 Å². The van der Waals surface area contributed by atoms with Gasteiger partial charge in [0.2, 0.25) is 5.76 Å². The van der Waals surface area contributed by atoms with Gasteiger partial charge in [0.1, 0.15) is 12.3 Å². The summed E-state index contributed by atoms with van der Waals surface area (Å²) in [5.74, 6) is 0.365. The second-order valence-corrected chi connectivity index (χ2v) is 5.15. The van der Waals surface area contributed by atoms with E-state index in [0.29, 0.717) is 17.2 Å². The summed E-state index contributed by atoms with van der Waals surface area (Å²) in [6.45, 7) is -0.0649. The van der Waals surface area contributed by atoms with E-state index in [1.165, 1.54) is 6.26 Å². The number of carbonyl (C=O) groups excluding carboxylic acids is 1. The molecular formula is C15H9Cl2NO4. The zero-order chi connectivity index (χ0) is 15.5. The van der Waals surface area contributed by atoms with Crippen LogP contribution in [-0.4, -0.2) is 11.1 Å². The van der Waals surface area contributed by atoms with Gasteiger partial charge in [-0.15, -0.1) is 0 Å². The van der Waals surface area contributed by atoms with Crippen LogP contribution in [0.4, 0.5) is 0 Å². The smallest absolute Gasteiger partial charge is 0.341 e. The molecule has 0 atom stereocenters. The molecule has 22 heavy (non-hydrogen) atoms. The molecule has 2 heterocycles. The van der Waals surface area contributed by atoms with Crippen molar-refractivity contribution in [1.29, 1.82) is 0 Å². The summed E-state index contributed by atoms with van der Waals surface area (Å²) in [6.07, 6.45) is 1.52. The van der Waals surface area contributed by atoms with Crippen LogP contribution in [0.1, 0.15) is 16.1 Å². The zero-order valence-electron chi connectivity index (χ0n) is 11.1. The molecule has 3 aromatic rings. The monoisotopic (exact) mass is 337 g/mol.